The minimum absolute atomic E-state index is 0.383. The summed E-state index contributed by atoms with van der Waals surface area (Å²) in [5, 5.41) is 1.59. The second kappa shape index (κ2) is 4.35. The zero-order valence-corrected chi connectivity index (χ0v) is 11.1. The van der Waals surface area contributed by atoms with Gasteiger partial charge in [-0.1, -0.05) is 35.4 Å². The molecule has 1 atom stereocenters. The van der Waals surface area contributed by atoms with Crippen LogP contribution in [-0.4, -0.2) is 4.98 Å². The number of pyridine rings is 1. The Balaban J connectivity index is 2.00. The molecule has 0 radical (unpaired) electrons. The fourth-order valence-electron chi connectivity index (χ4n) is 2.05. The highest BCUT2D eigenvalue weighted by Gasteiger charge is 2.19. The SMILES string of the molecule is Cc1ccc2nc(C3CC=C(Cl)S3)ccc2c1. The summed E-state index contributed by atoms with van der Waals surface area (Å²) in [5.74, 6) is 0. The number of thioether (sulfide) groups is 1. The van der Waals surface area contributed by atoms with Gasteiger partial charge < -0.3 is 0 Å². The van der Waals surface area contributed by atoms with Crippen LogP contribution in [0.25, 0.3) is 10.9 Å². The molecule has 3 heteroatoms. The molecule has 0 saturated heterocycles. The average molecular weight is 262 g/mol. The second-order valence-corrected chi connectivity index (χ2v) is 6.16. The van der Waals surface area contributed by atoms with E-state index in [-0.39, 0.29) is 0 Å². The molecule has 0 spiro atoms. The molecule has 0 fully saturated rings. The maximum absolute atomic E-state index is 5.99. The van der Waals surface area contributed by atoms with Gasteiger partial charge >= 0.3 is 0 Å². The van der Waals surface area contributed by atoms with Crippen LogP contribution >= 0.6 is 23.4 Å². The van der Waals surface area contributed by atoms with E-state index in [0.717, 1.165) is 22.0 Å². The zero-order chi connectivity index (χ0) is 11.8. The van der Waals surface area contributed by atoms with Gasteiger partial charge in [0.05, 0.1) is 20.8 Å². The van der Waals surface area contributed by atoms with E-state index in [1.165, 1.54) is 10.9 Å². The number of hydrogen-bond acceptors (Lipinski definition) is 2. The minimum Gasteiger partial charge on any atom is -0.252 e. The molecule has 0 N–H and O–H groups in total. The number of nitrogens with zero attached hydrogens (tertiary/aromatic N) is 1. The van der Waals surface area contributed by atoms with Crippen LogP contribution in [0.4, 0.5) is 0 Å². The molecule has 0 amide bonds. The second-order valence-electron chi connectivity index (χ2n) is 4.28. The third-order valence-electron chi connectivity index (χ3n) is 2.94. The van der Waals surface area contributed by atoms with Gasteiger partial charge in [0.25, 0.3) is 0 Å². The number of aryl methyl sites for hydroxylation is 1. The number of hydrogen-bond donors (Lipinski definition) is 0. The number of halogens is 1. The van der Waals surface area contributed by atoms with E-state index < -0.39 is 0 Å². The molecule has 1 unspecified atom stereocenters. The third kappa shape index (κ3) is 2.20. The molecular formula is C14H12ClNS. The quantitative estimate of drug-likeness (QED) is 0.731. The fraction of sp³-hybridized carbons (Fsp3) is 0.214. The normalized spacial score (nSPS) is 19.6. The van der Waals surface area contributed by atoms with E-state index >= 15 is 0 Å². The molecular weight excluding hydrogens is 250 g/mol. The number of rotatable bonds is 1. The Hall–Kier alpha value is -0.990. The Kier molecular flexibility index (Phi) is 2.85. The van der Waals surface area contributed by atoms with E-state index in [4.69, 9.17) is 16.6 Å². The molecule has 2 heterocycles. The first-order valence-electron chi connectivity index (χ1n) is 5.62. The number of aromatic nitrogens is 1. The first-order valence-corrected chi connectivity index (χ1v) is 6.88. The van der Waals surface area contributed by atoms with E-state index in [2.05, 4.69) is 43.3 Å². The smallest absolute Gasteiger partial charge is 0.0705 e. The van der Waals surface area contributed by atoms with Crippen molar-refractivity contribution in [3.05, 3.63) is 52.0 Å². The van der Waals surface area contributed by atoms with Crippen molar-refractivity contribution >= 4 is 34.3 Å². The van der Waals surface area contributed by atoms with Crippen LogP contribution in [0, 0.1) is 6.92 Å². The van der Waals surface area contributed by atoms with Gasteiger partial charge in [-0.3, -0.25) is 4.98 Å². The molecule has 0 saturated carbocycles. The van der Waals surface area contributed by atoms with Gasteiger partial charge in [-0.05, 0) is 31.5 Å². The molecule has 1 aliphatic rings. The van der Waals surface area contributed by atoms with Crippen molar-refractivity contribution in [1.82, 2.24) is 4.98 Å². The minimum atomic E-state index is 0.383. The number of benzene rings is 1. The first kappa shape index (κ1) is 11.1. The van der Waals surface area contributed by atoms with Gasteiger partial charge in [0.2, 0.25) is 0 Å². The maximum atomic E-state index is 5.99. The van der Waals surface area contributed by atoms with Crippen LogP contribution in [0.1, 0.15) is 22.9 Å². The first-order chi connectivity index (χ1) is 8.22. The summed E-state index contributed by atoms with van der Waals surface area (Å²) in [6, 6.07) is 10.6. The molecule has 1 nitrogen and oxygen atoms in total. The monoisotopic (exact) mass is 261 g/mol. The van der Waals surface area contributed by atoms with Gasteiger partial charge in [0, 0.05) is 5.39 Å². The zero-order valence-electron chi connectivity index (χ0n) is 9.48. The maximum Gasteiger partial charge on any atom is 0.0705 e. The van der Waals surface area contributed by atoms with E-state index in [1.54, 1.807) is 11.8 Å². The van der Waals surface area contributed by atoms with Crippen LogP contribution in [0.2, 0.25) is 0 Å². The van der Waals surface area contributed by atoms with Crippen molar-refractivity contribution in [3.8, 4) is 0 Å². The van der Waals surface area contributed by atoms with Crippen molar-refractivity contribution in [2.24, 2.45) is 0 Å². The molecule has 1 aliphatic heterocycles. The molecule has 0 aliphatic carbocycles. The Bertz CT molecular complexity index is 606. The van der Waals surface area contributed by atoms with Crippen LogP contribution < -0.4 is 0 Å². The topological polar surface area (TPSA) is 12.9 Å². The van der Waals surface area contributed by atoms with E-state index in [9.17, 15) is 0 Å². The highest BCUT2D eigenvalue weighted by molar-refractivity contribution is 8.05. The summed E-state index contributed by atoms with van der Waals surface area (Å²) in [5.41, 5.74) is 3.46. The summed E-state index contributed by atoms with van der Waals surface area (Å²) >= 11 is 7.69. The van der Waals surface area contributed by atoms with E-state index in [1.807, 2.05) is 0 Å². The Morgan fingerprint density at radius 3 is 2.94 bits per heavy atom. The summed E-state index contributed by atoms with van der Waals surface area (Å²) in [7, 11) is 0. The molecule has 1 aromatic heterocycles. The van der Waals surface area contributed by atoms with Gasteiger partial charge in [-0.2, -0.15) is 0 Å². The number of allylic oxidation sites excluding steroid dienone is 1. The molecule has 1 aromatic carbocycles. The summed E-state index contributed by atoms with van der Waals surface area (Å²) in [4.78, 5) is 4.72. The standard InChI is InChI=1S/C14H12ClNS/c1-9-2-4-11-10(8-9)3-5-12(16-11)13-6-7-14(15)17-13/h2-5,7-8,13H,6H2,1H3. The third-order valence-corrected chi connectivity index (χ3v) is 4.48. The van der Waals surface area contributed by atoms with Crippen molar-refractivity contribution in [2.75, 3.05) is 0 Å². The van der Waals surface area contributed by atoms with Crippen LogP contribution in [0.15, 0.2) is 40.8 Å². The Morgan fingerprint density at radius 1 is 1.29 bits per heavy atom. The van der Waals surface area contributed by atoms with E-state index in [0.29, 0.717) is 5.25 Å². The number of fused-ring (bicyclic) bond motifs is 1. The van der Waals surface area contributed by atoms with Crippen LogP contribution in [0.5, 0.6) is 0 Å². The lowest BCUT2D eigenvalue weighted by Crippen LogP contribution is -1.94. The average Bonchev–Trinajstić information content (AvgIpc) is 2.75. The Labute approximate surface area is 110 Å². The molecule has 3 rings (SSSR count). The lowest BCUT2D eigenvalue weighted by molar-refractivity contribution is 0.943. The molecule has 17 heavy (non-hydrogen) atoms. The molecule has 0 bridgehead atoms. The van der Waals surface area contributed by atoms with Crippen LogP contribution in [-0.2, 0) is 0 Å². The van der Waals surface area contributed by atoms with Gasteiger partial charge in [0.15, 0.2) is 0 Å². The molecule has 86 valence electrons. The summed E-state index contributed by atoms with van der Waals surface area (Å²) < 4.78 is 0.890. The lowest BCUT2D eigenvalue weighted by Gasteiger charge is -2.09. The summed E-state index contributed by atoms with van der Waals surface area (Å²) in [6.07, 6.45) is 3.05. The van der Waals surface area contributed by atoms with Crippen molar-refractivity contribution in [3.63, 3.8) is 0 Å². The highest BCUT2D eigenvalue weighted by Crippen LogP contribution is 2.44. The van der Waals surface area contributed by atoms with Crippen molar-refractivity contribution < 1.29 is 0 Å². The fourth-order valence-corrected chi connectivity index (χ4v) is 3.37. The highest BCUT2D eigenvalue weighted by atomic mass is 35.5. The predicted octanol–water partition coefficient (Wildman–Crippen LogP) is 4.80. The Morgan fingerprint density at radius 2 is 2.18 bits per heavy atom. The van der Waals surface area contributed by atoms with Gasteiger partial charge in [0.1, 0.15) is 0 Å². The van der Waals surface area contributed by atoms with Crippen molar-refractivity contribution in [1.29, 1.82) is 0 Å². The van der Waals surface area contributed by atoms with Crippen molar-refractivity contribution in [2.45, 2.75) is 18.6 Å². The van der Waals surface area contributed by atoms with Gasteiger partial charge in [-0.25, -0.2) is 0 Å². The van der Waals surface area contributed by atoms with Gasteiger partial charge in [-0.15, -0.1) is 11.8 Å². The summed E-state index contributed by atoms with van der Waals surface area (Å²) in [6.45, 7) is 2.10. The van der Waals surface area contributed by atoms with Crippen LogP contribution in [0.3, 0.4) is 0 Å². The molecule has 2 aromatic rings. The predicted molar refractivity (Wildman–Crippen MR) is 75.4 cm³/mol. The lowest BCUT2D eigenvalue weighted by atomic mass is 10.1. The largest absolute Gasteiger partial charge is 0.252 e.